The lowest BCUT2D eigenvalue weighted by molar-refractivity contribution is 0.471. The summed E-state index contributed by atoms with van der Waals surface area (Å²) in [6.45, 7) is 0. The Morgan fingerprint density at radius 3 is 2.52 bits per heavy atom. The summed E-state index contributed by atoms with van der Waals surface area (Å²) in [6.07, 6.45) is 2.16. The lowest BCUT2D eigenvalue weighted by Gasteiger charge is -2.32. The molecule has 110 valence electrons. The summed E-state index contributed by atoms with van der Waals surface area (Å²) >= 11 is 12.2. The Bertz CT molecular complexity index is 670. The molecule has 0 amide bonds. The zero-order valence-corrected chi connectivity index (χ0v) is 13.4. The Labute approximate surface area is 135 Å². The van der Waals surface area contributed by atoms with Crippen LogP contribution in [0.2, 0.25) is 10.0 Å². The minimum atomic E-state index is 0.347. The SMILES string of the molecule is CN[C@H]1CC[C@@H](c2ccc(Cl)c(Cl)c2)c2ccc(N)cc21. The molecule has 1 aliphatic rings. The summed E-state index contributed by atoms with van der Waals surface area (Å²) in [5, 5.41) is 4.59. The van der Waals surface area contributed by atoms with Crippen LogP contribution >= 0.6 is 23.2 Å². The third-order valence-electron chi connectivity index (χ3n) is 4.30. The highest BCUT2D eigenvalue weighted by Gasteiger charge is 2.27. The number of fused-ring (bicyclic) bond motifs is 1. The van der Waals surface area contributed by atoms with E-state index in [1.54, 1.807) is 0 Å². The van der Waals surface area contributed by atoms with Gasteiger partial charge in [-0.2, -0.15) is 0 Å². The number of nitrogens with one attached hydrogen (secondary N) is 1. The Hall–Kier alpha value is -1.22. The van der Waals surface area contributed by atoms with Crippen LogP contribution in [0.4, 0.5) is 5.69 Å². The van der Waals surface area contributed by atoms with Crippen molar-refractivity contribution in [3.8, 4) is 0 Å². The molecule has 0 saturated carbocycles. The second-order valence-corrected chi connectivity index (χ2v) is 6.35. The Balaban J connectivity index is 2.07. The largest absolute Gasteiger partial charge is 0.399 e. The predicted octanol–water partition coefficient (Wildman–Crippen LogP) is 4.76. The number of nitrogens with two attached hydrogens (primary N) is 1. The van der Waals surface area contributed by atoms with E-state index in [2.05, 4.69) is 23.5 Å². The van der Waals surface area contributed by atoms with E-state index < -0.39 is 0 Å². The van der Waals surface area contributed by atoms with E-state index >= 15 is 0 Å². The van der Waals surface area contributed by atoms with Crippen molar-refractivity contribution in [2.24, 2.45) is 0 Å². The molecule has 1 aliphatic carbocycles. The average Bonchev–Trinajstić information content (AvgIpc) is 2.49. The van der Waals surface area contributed by atoms with Gasteiger partial charge >= 0.3 is 0 Å². The molecule has 3 rings (SSSR count). The molecule has 2 aromatic rings. The van der Waals surface area contributed by atoms with Gasteiger partial charge < -0.3 is 11.1 Å². The third kappa shape index (κ3) is 2.76. The van der Waals surface area contributed by atoms with E-state index in [9.17, 15) is 0 Å². The van der Waals surface area contributed by atoms with Crippen LogP contribution < -0.4 is 11.1 Å². The van der Waals surface area contributed by atoms with Crippen molar-refractivity contribution in [1.29, 1.82) is 0 Å². The fourth-order valence-corrected chi connectivity index (χ4v) is 3.54. The number of halogens is 2. The lowest BCUT2D eigenvalue weighted by Crippen LogP contribution is -2.24. The maximum absolute atomic E-state index is 6.18. The molecule has 0 saturated heterocycles. The maximum Gasteiger partial charge on any atom is 0.0595 e. The molecule has 2 atom stereocenters. The van der Waals surface area contributed by atoms with Gasteiger partial charge in [0.25, 0.3) is 0 Å². The summed E-state index contributed by atoms with van der Waals surface area (Å²) in [5.41, 5.74) is 10.6. The highest BCUT2D eigenvalue weighted by atomic mass is 35.5. The van der Waals surface area contributed by atoms with Crippen LogP contribution in [0.1, 0.15) is 41.5 Å². The van der Waals surface area contributed by atoms with Crippen LogP contribution in [0.25, 0.3) is 0 Å². The molecule has 3 N–H and O–H groups in total. The van der Waals surface area contributed by atoms with Crippen LogP contribution in [0, 0.1) is 0 Å². The highest BCUT2D eigenvalue weighted by Crippen LogP contribution is 2.42. The first kappa shape index (κ1) is 14.7. The van der Waals surface area contributed by atoms with Crippen molar-refractivity contribution in [1.82, 2.24) is 5.32 Å². The Morgan fingerprint density at radius 1 is 1.00 bits per heavy atom. The summed E-state index contributed by atoms with van der Waals surface area (Å²) in [7, 11) is 2.00. The summed E-state index contributed by atoms with van der Waals surface area (Å²) in [5.74, 6) is 0.347. The predicted molar refractivity (Wildman–Crippen MR) is 90.2 cm³/mol. The van der Waals surface area contributed by atoms with E-state index in [1.807, 2.05) is 25.2 Å². The number of benzene rings is 2. The van der Waals surface area contributed by atoms with Crippen LogP contribution in [0.15, 0.2) is 36.4 Å². The van der Waals surface area contributed by atoms with Gasteiger partial charge in [-0.05, 0) is 60.8 Å². The minimum absolute atomic E-state index is 0.347. The molecule has 0 spiro atoms. The van der Waals surface area contributed by atoms with Crippen molar-refractivity contribution in [2.75, 3.05) is 12.8 Å². The van der Waals surface area contributed by atoms with Crippen molar-refractivity contribution < 1.29 is 0 Å². The van der Waals surface area contributed by atoms with Gasteiger partial charge in [-0.1, -0.05) is 35.3 Å². The smallest absolute Gasteiger partial charge is 0.0595 e. The monoisotopic (exact) mass is 320 g/mol. The van der Waals surface area contributed by atoms with Crippen LogP contribution in [0.5, 0.6) is 0 Å². The molecule has 0 heterocycles. The van der Waals surface area contributed by atoms with E-state index in [-0.39, 0.29) is 0 Å². The molecule has 21 heavy (non-hydrogen) atoms. The summed E-state index contributed by atoms with van der Waals surface area (Å²) in [6, 6.07) is 12.5. The molecule has 0 unspecified atom stereocenters. The fraction of sp³-hybridized carbons (Fsp3) is 0.294. The van der Waals surface area contributed by atoms with E-state index in [4.69, 9.17) is 28.9 Å². The molecule has 0 aliphatic heterocycles. The molecule has 2 nitrogen and oxygen atoms in total. The lowest BCUT2D eigenvalue weighted by atomic mass is 9.76. The zero-order valence-electron chi connectivity index (χ0n) is 11.9. The van der Waals surface area contributed by atoms with Gasteiger partial charge in [-0.3, -0.25) is 0 Å². The molecular formula is C17H18Cl2N2. The molecule has 0 radical (unpaired) electrons. The topological polar surface area (TPSA) is 38.0 Å². The van der Waals surface area contributed by atoms with Gasteiger partial charge in [0.1, 0.15) is 0 Å². The van der Waals surface area contributed by atoms with Gasteiger partial charge in [-0.15, -0.1) is 0 Å². The maximum atomic E-state index is 6.18. The molecular weight excluding hydrogens is 303 g/mol. The van der Waals surface area contributed by atoms with E-state index in [1.165, 1.54) is 16.7 Å². The van der Waals surface area contributed by atoms with Gasteiger partial charge in [0.2, 0.25) is 0 Å². The Kier molecular flexibility index (Phi) is 4.12. The number of hydrogen-bond acceptors (Lipinski definition) is 2. The quantitative estimate of drug-likeness (QED) is 0.783. The first-order valence-electron chi connectivity index (χ1n) is 7.11. The van der Waals surface area contributed by atoms with Gasteiger partial charge in [0, 0.05) is 17.6 Å². The second-order valence-electron chi connectivity index (χ2n) is 5.53. The summed E-state index contributed by atoms with van der Waals surface area (Å²) in [4.78, 5) is 0. The first-order chi connectivity index (χ1) is 10.1. The highest BCUT2D eigenvalue weighted by molar-refractivity contribution is 6.42. The van der Waals surface area contributed by atoms with Crippen molar-refractivity contribution in [3.05, 3.63) is 63.1 Å². The third-order valence-corrected chi connectivity index (χ3v) is 5.04. The van der Waals surface area contributed by atoms with E-state index in [0.717, 1.165) is 18.5 Å². The normalized spacial score (nSPS) is 21.1. The first-order valence-corrected chi connectivity index (χ1v) is 7.87. The molecule has 2 aromatic carbocycles. The molecule has 0 bridgehead atoms. The number of rotatable bonds is 2. The number of nitrogen functional groups attached to an aromatic ring is 1. The second kappa shape index (κ2) is 5.88. The average molecular weight is 321 g/mol. The van der Waals surface area contributed by atoms with Gasteiger partial charge in [0.05, 0.1) is 10.0 Å². The van der Waals surface area contributed by atoms with Gasteiger partial charge in [-0.25, -0.2) is 0 Å². The molecule has 0 aromatic heterocycles. The Morgan fingerprint density at radius 2 is 1.81 bits per heavy atom. The van der Waals surface area contributed by atoms with Gasteiger partial charge in [0.15, 0.2) is 0 Å². The summed E-state index contributed by atoms with van der Waals surface area (Å²) < 4.78 is 0. The zero-order chi connectivity index (χ0) is 15.0. The fourth-order valence-electron chi connectivity index (χ4n) is 3.23. The van der Waals surface area contributed by atoms with Crippen molar-refractivity contribution >= 4 is 28.9 Å². The number of anilines is 1. The number of hydrogen-bond donors (Lipinski definition) is 2. The van der Waals surface area contributed by atoms with Crippen LogP contribution in [0.3, 0.4) is 0 Å². The molecule has 0 fully saturated rings. The molecule has 4 heteroatoms. The standard InChI is InChI=1S/C17H18Cl2N2/c1-21-17-7-5-12(10-2-6-15(18)16(19)8-10)13-4-3-11(20)9-14(13)17/h2-4,6,8-9,12,17,21H,5,7,20H2,1H3/t12-,17-/m0/s1. The van der Waals surface area contributed by atoms with Crippen LogP contribution in [-0.2, 0) is 0 Å². The van der Waals surface area contributed by atoms with Crippen molar-refractivity contribution in [3.63, 3.8) is 0 Å². The van der Waals surface area contributed by atoms with Crippen LogP contribution in [-0.4, -0.2) is 7.05 Å². The minimum Gasteiger partial charge on any atom is -0.399 e. The van der Waals surface area contributed by atoms with E-state index in [0.29, 0.717) is 22.0 Å². The van der Waals surface area contributed by atoms with Crippen molar-refractivity contribution in [2.45, 2.75) is 24.8 Å².